The number of nitrogens with one attached hydrogen (secondary N) is 1. The van der Waals surface area contributed by atoms with Crippen molar-refractivity contribution < 1.29 is 4.79 Å². The molecule has 1 amide bonds. The third kappa shape index (κ3) is 2.81. The molecule has 0 bridgehead atoms. The van der Waals surface area contributed by atoms with Crippen molar-refractivity contribution in [2.45, 2.75) is 40.7 Å². The fourth-order valence-corrected chi connectivity index (χ4v) is 1.13. The van der Waals surface area contributed by atoms with Gasteiger partial charge in [-0.05, 0) is 13.8 Å². The van der Waals surface area contributed by atoms with Crippen molar-refractivity contribution in [1.82, 2.24) is 9.78 Å². The van der Waals surface area contributed by atoms with Crippen molar-refractivity contribution in [3.63, 3.8) is 0 Å². The van der Waals surface area contributed by atoms with Crippen LogP contribution < -0.4 is 5.32 Å². The van der Waals surface area contributed by atoms with E-state index in [4.69, 9.17) is 0 Å². The summed E-state index contributed by atoms with van der Waals surface area (Å²) in [6, 6.07) is 2.05. The topological polar surface area (TPSA) is 46.9 Å². The third-order valence-electron chi connectivity index (χ3n) is 2.08. The van der Waals surface area contributed by atoms with Crippen molar-refractivity contribution in [1.29, 1.82) is 0 Å². The van der Waals surface area contributed by atoms with Gasteiger partial charge in [-0.15, -0.1) is 0 Å². The Morgan fingerprint density at radius 1 is 1.47 bits per heavy atom. The zero-order chi connectivity index (χ0) is 11.6. The van der Waals surface area contributed by atoms with E-state index in [1.165, 1.54) is 0 Å². The third-order valence-corrected chi connectivity index (χ3v) is 2.08. The monoisotopic (exact) mass is 209 g/mol. The molecule has 4 heteroatoms. The molecular weight excluding hydrogens is 190 g/mol. The summed E-state index contributed by atoms with van der Waals surface area (Å²) in [6.45, 7) is 9.72. The summed E-state index contributed by atoms with van der Waals surface area (Å²) in [6.07, 6.45) is 1.69. The Balaban J connectivity index is 2.82. The zero-order valence-electron chi connectivity index (χ0n) is 10.0. The average molecular weight is 209 g/mol. The standard InChI is InChI=1S/C11H19N3O/c1-8(2)14-9(6-7-12-14)13-10(15)11(3,4)5/h6-8H,1-5H3,(H,13,15). The molecule has 0 atom stereocenters. The van der Waals surface area contributed by atoms with E-state index in [-0.39, 0.29) is 17.4 Å². The first-order valence-corrected chi connectivity index (χ1v) is 5.17. The van der Waals surface area contributed by atoms with Crippen LogP contribution >= 0.6 is 0 Å². The van der Waals surface area contributed by atoms with Gasteiger partial charge in [0.1, 0.15) is 5.82 Å². The van der Waals surface area contributed by atoms with Crippen LogP contribution in [0.3, 0.4) is 0 Å². The molecule has 1 N–H and O–H groups in total. The van der Waals surface area contributed by atoms with Gasteiger partial charge in [0.15, 0.2) is 0 Å². The molecule has 0 fully saturated rings. The molecule has 0 spiro atoms. The minimum atomic E-state index is -0.383. The van der Waals surface area contributed by atoms with Gasteiger partial charge >= 0.3 is 0 Å². The van der Waals surface area contributed by atoms with Crippen LogP contribution in [0.1, 0.15) is 40.7 Å². The molecule has 0 aliphatic heterocycles. The Bertz CT molecular complexity index is 347. The molecule has 0 unspecified atom stereocenters. The predicted molar refractivity (Wildman–Crippen MR) is 60.7 cm³/mol. The van der Waals surface area contributed by atoms with E-state index < -0.39 is 0 Å². The summed E-state index contributed by atoms with van der Waals surface area (Å²) in [5.41, 5.74) is -0.383. The highest BCUT2D eigenvalue weighted by atomic mass is 16.2. The number of hydrogen-bond donors (Lipinski definition) is 1. The van der Waals surface area contributed by atoms with Crippen LogP contribution in [-0.2, 0) is 4.79 Å². The molecule has 0 radical (unpaired) electrons. The lowest BCUT2D eigenvalue weighted by Crippen LogP contribution is -2.29. The van der Waals surface area contributed by atoms with Crippen molar-refractivity contribution in [3.8, 4) is 0 Å². The van der Waals surface area contributed by atoms with E-state index in [9.17, 15) is 4.79 Å². The number of rotatable bonds is 2. The Labute approximate surface area is 90.7 Å². The lowest BCUT2D eigenvalue weighted by Gasteiger charge is -2.19. The number of nitrogens with zero attached hydrogens (tertiary/aromatic N) is 2. The van der Waals surface area contributed by atoms with Crippen LogP contribution in [0.2, 0.25) is 0 Å². The van der Waals surface area contributed by atoms with Crippen LogP contribution in [0, 0.1) is 5.41 Å². The predicted octanol–water partition coefficient (Wildman–Crippen LogP) is 2.45. The summed E-state index contributed by atoms with van der Waals surface area (Å²) in [7, 11) is 0. The average Bonchev–Trinajstić information content (AvgIpc) is 2.50. The normalized spacial score (nSPS) is 11.9. The summed E-state index contributed by atoms with van der Waals surface area (Å²) >= 11 is 0. The first-order valence-electron chi connectivity index (χ1n) is 5.17. The van der Waals surface area contributed by atoms with Gasteiger partial charge in [0.2, 0.25) is 5.91 Å². The summed E-state index contributed by atoms with van der Waals surface area (Å²) < 4.78 is 1.80. The van der Waals surface area contributed by atoms with Gasteiger partial charge in [-0.25, -0.2) is 4.68 Å². The molecule has 15 heavy (non-hydrogen) atoms. The Morgan fingerprint density at radius 2 is 2.07 bits per heavy atom. The molecule has 0 aliphatic carbocycles. The first kappa shape index (κ1) is 11.8. The molecule has 0 aromatic carbocycles. The van der Waals surface area contributed by atoms with Gasteiger partial charge in [-0.2, -0.15) is 5.10 Å². The molecule has 1 heterocycles. The van der Waals surface area contributed by atoms with Gasteiger partial charge < -0.3 is 5.32 Å². The second kappa shape index (κ2) is 4.04. The molecule has 1 aromatic rings. The summed E-state index contributed by atoms with van der Waals surface area (Å²) in [4.78, 5) is 11.8. The molecule has 1 aromatic heterocycles. The van der Waals surface area contributed by atoms with E-state index in [1.807, 2.05) is 40.7 Å². The Kier molecular flexibility index (Phi) is 3.17. The number of hydrogen-bond acceptors (Lipinski definition) is 2. The number of amides is 1. The lowest BCUT2D eigenvalue weighted by atomic mass is 9.96. The highest BCUT2D eigenvalue weighted by Gasteiger charge is 2.22. The minimum absolute atomic E-state index is 0.00454. The van der Waals surface area contributed by atoms with E-state index in [0.717, 1.165) is 5.82 Å². The maximum absolute atomic E-state index is 11.8. The van der Waals surface area contributed by atoms with Crippen molar-refractivity contribution in [3.05, 3.63) is 12.3 Å². The molecule has 0 saturated carbocycles. The van der Waals surface area contributed by atoms with Crippen molar-refractivity contribution in [2.24, 2.45) is 5.41 Å². The van der Waals surface area contributed by atoms with Crippen LogP contribution in [0.4, 0.5) is 5.82 Å². The second-order valence-electron chi connectivity index (χ2n) is 4.96. The van der Waals surface area contributed by atoms with Gasteiger partial charge in [0.25, 0.3) is 0 Å². The molecular formula is C11H19N3O. The number of carbonyl (C=O) groups is 1. The van der Waals surface area contributed by atoms with Crippen molar-refractivity contribution >= 4 is 11.7 Å². The van der Waals surface area contributed by atoms with Gasteiger partial charge in [-0.3, -0.25) is 4.79 Å². The Morgan fingerprint density at radius 3 is 2.53 bits per heavy atom. The summed E-state index contributed by atoms with van der Waals surface area (Å²) in [5.74, 6) is 0.759. The van der Waals surface area contributed by atoms with Crippen LogP contribution in [0.5, 0.6) is 0 Å². The van der Waals surface area contributed by atoms with Gasteiger partial charge in [-0.1, -0.05) is 20.8 Å². The maximum Gasteiger partial charge on any atom is 0.230 e. The first-order chi connectivity index (χ1) is 6.82. The SMILES string of the molecule is CC(C)n1nccc1NC(=O)C(C)(C)C. The molecule has 84 valence electrons. The Hall–Kier alpha value is -1.32. The second-order valence-corrected chi connectivity index (χ2v) is 4.96. The number of aromatic nitrogens is 2. The van der Waals surface area contributed by atoms with E-state index in [2.05, 4.69) is 10.4 Å². The van der Waals surface area contributed by atoms with Gasteiger partial charge in [0, 0.05) is 17.5 Å². The van der Waals surface area contributed by atoms with E-state index in [1.54, 1.807) is 10.9 Å². The molecule has 0 saturated heterocycles. The fourth-order valence-electron chi connectivity index (χ4n) is 1.13. The highest BCUT2D eigenvalue weighted by molar-refractivity contribution is 5.93. The highest BCUT2D eigenvalue weighted by Crippen LogP contribution is 2.18. The van der Waals surface area contributed by atoms with Crippen LogP contribution in [0.15, 0.2) is 12.3 Å². The molecule has 1 rings (SSSR count). The van der Waals surface area contributed by atoms with E-state index in [0.29, 0.717) is 0 Å². The molecule has 0 aliphatic rings. The fraction of sp³-hybridized carbons (Fsp3) is 0.636. The lowest BCUT2D eigenvalue weighted by molar-refractivity contribution is -0.123. The van der Waals surface area contributed by atoms with Gasteiger partial charge in [0.05, 0.1) is 6.20 Å². The maximum atomic E-state index is 11.8. The smallest absolute Gasteiger partial charge is 0.230 e. The summed E-state index contributed by atoms with van der Waals surface area (Å²) in [5, 5.41) is 7.03. The minimum Gasteiger partial charge on any atom is -0.310 e. The molecule has 4 nitrogen and oxygen atoms in total. The van der Waals surface area contributed by atoms with Crippen LogP contribution in [-0.4, -0.2) is 15.7 Å². The number of carbonyl (C=O) groups excluding carboxylic acids is 1. The van der Waals surface area contributed by atoms with Crippen LogP contribution in [0.25, 0.3) is 0 Å². The largest absolute Gasteiger partial charge is 0.310 e. The quantitative estimate of drug-likeness (QED) is 0.813. The van der Waals surface area contributed by atoms with Crippen molar-refractivity contribution in [2.75, 3.05) is 5.32 Å². The van der Waals surface area contributed by atoms with E-state index >= 15 is 0 Å². The number of anilines is 1. The zero-order valence-corrected chi connectivity index (χ0v) is 10.0.